The summed E-state index contributed by atoms with van der Waals surface area (Å²) in [4.78, 5) is 36.6. The first-order valence-electron chi connectivity index (χ1n) is 6.46. The lowest BCUT2D eigenvalue weighted by molar-refractivity contribution is -0.138. The van der Waals surface area contributed by atoms with E-state index in [1.807, 2.05) is 12.3 Å². The minimum atomic E-state index is -0.390. The molecule has 0 aromatic carbocycles. The molecular formula is C13H15N3O3S. The Kier molecular flexibility index (Phi) is 3.29. The van der Waals surface area contributed by atoms with Crippen LogP contribution in [0.25, 0.3) is 0 Å². The van der Waals surface area contributed by atoms with E-state index in [9.17, 15) is 14.4 Å². The third-order valence-corrected chi connectivity index (χ3v) is 4.79. The second-order valence-corrected chi connectivity index (χ2v) is 5.80. The highest BCUT2D eigenvalue weighted by Crippen LogP contribution is 2.39. The molecule has 2 aliphatic rings. The number of aromatic nitrogens is 2. The Morgan fingerprint density at radius 1 is 1.30 bits per heavy atom. The van der Waals surface area contributed by atoms with Crippen LogP contribution in [0.1, 0.15) is 18.9 Å². The van der Waals surface area contributed by atoms with Crippen molar-refractivity contribution in [2.75, 3.05) is 6.26 Å². The number of nitrogens with one attached hydrogen (secondary N) is 1. The van der Waals surface area contributed by atoms with E-state index >= 15 is 0 Å². The minimum absolute atomic E-state index is 0.0521. The van der Waals surface area contributed by atoms with Gasteiger partial charge < -0.3 is 0 Å². The van der Waals surface area contributed by atoms with Crippen LogP contribution in [0.5, 0.6) is 0 Å². The standard InChI is InChI=1S/C13H15N3O3S/c1-20-16-10(7-12(16)18)8-2-3-9(6-8)15-5-4-11(17)14-13(15)19/h2-5,8-10H,6-7H2,1H3,(H,14,17,19)/t8-,9+,10+/m1/s1. The predicted octanol–water partition coefficient (Wildman–Crippen LogP) is 0.533. The molecule has 20 heavy (non-hydrogen) atoms. The summed E-state index contributed by atoms with van der Waals surface area (Å²) >= 11 is 1.45. The highest BCUT2D eigenvalue weighted by molar-refractivity contribution is 7.96. The van der Waals surface area contributed by atoms with Crippen LogP contribution in [-0.2, 0) is 4.79 Å². The molecule has 3 rings (SSSR count). The highest BCUT2D eigenvalue weighted by Gasteiger charge is 2.42. The van der Waals surface area contributed by atoms with Crippen molar-refractivity contribution >= 4 is 17.9 Å². The Hall–Kier alpha value is -1.76. The number of β-lactam (4-membered cyclic amide) rings is 1. The van der Waals surface area contributed by atoms with Gasteiger partial charge in [0.15, 0.2) is 0 Å². The predicted molar refractivity (Wildman–Crippen MR) is 76.4 cm³/mol. The van der Waals surface area contributed by atoms with Gasteiger partial charge in [0.1, 0.15) is 0 Å². The first-order valence-corrected chi connectivity index (χ1v) is 7.64. The quantitative estimate of drug-likeness (QED) is 0.501. The lowest BCUT2D eigenvalue weighted by atomic mass is 9.90. The van der Waals surface area contributed by atoms with Crippen LogP contribution < -0.4 is 11.2 Å². The van der Waals surface area contributed by atoms with Crippen LogP contribution in [0.2, 0.25) is 0 Å². The fourth-order valence-corrected chi connectivity index (χ4v) is 3.65. The van der Waals surface area contributed by atoms with Crippen molar-refractivity contribution in [2.24, 2.45) is 5.92 Å². The molecule has 0 bridgehead atoms. The van der Waals surface area contributed by atoms with Gasteiger partial charge in [0.25, 0.3) is 5.56 Å². The maximum atomic E-state index is 11.8. The number of carbonyl (C=O) groups is 1. The highest BCUT2D eigenvalue weighted by atomic mass is 32.2. The van der Waals surface area contributed by atoms with E-state index in [1.54, 1.807) is 4.31 Å². The molecule has 1 saturated heterocycles. The van der Waals surface area contributed by atoms with E-state index in [-0.39, 0.29) is 35.2 Å². The van der Waals surface area contributed by atoms with Gasteiger partial charge in [-0.15, -0.1) is 0 Å². The van der Waals surface area contributed by atoms with Crippen molar-refractivity contribution in [1.29, 1.82) is 0 Å². The van der Waals surface area contributed by atoms with Gasteiger partial charge in [-0.2, -0.15) is 0 Å². The Morgan fingerprint density at radius 2 is 2.10 bits per heavy atom. The monoisotopic (exact) mass is 293 g/mol. The van der Waals surface area contributed by atoms with Crippen LogP contribution in [0.4, 0.5) is 0 Å². The smallest absolute Gasteiger partial charge is 0.294 e. The molecule has 0 unspecified atom stereocenters. The number of rotatable bonds is 3. The fourth-order valence-electron chi connectivity index (χ4n) is 2.87. The lowest BCUT2D eigenvalue weighted by Gasteiger charge is -2.41. The molecule has 3 atom stereocenters. The molecule has 0 radical (unpaired) electrons. The zero-order chi connectivity index (χ0) is 14.3. The van der Waals surface area contributed by atoms with Crippen LogP contribution in [0.3, 0.4) is 0 Å². The first-order chi connectivity index (χ1) is 9.60. The van der Waals surface area contributed by atoms with E-state index in [1.165, 1.54) is 28.8 Å². The fraction of sp³-hybridized carbons (Fsp3) is 0.462. The van der Waals surface area contributed by atoms with Crippen LogP contribution in [-0.4, -0.2) is 32.1 Å². The van der Waals surface area contributed by atoms with E-state index in [2.05, 4.69) is 11.1 Å². The third-order valence-electron chi connectivity index (χ3n) is 3.92. The molecule has 0 spiro atoms. The summed E-state index contributed by atoms with van der Waals surface area (Å²) in [5.74, 6) is 0.435. The number of hydrogen-bond acceptors (Lipinski definition) is 4. The molecule has 1 aromatic heterocycles. The van der Waals surface area contributed by atoms with Gasteiger partial charge in [-0.25, -0.2) is 4.79 Å². The van der Waals surface area contributed by atoms with Gasteiger partial charge in [-0.05, 0) is 6.42 Å². The maximum absolute atomic E-state index is 11.8. The number of hydrogen-bond donors (Lipinski definition) is 1. The molecule has 1 amide bonds. The average Bonchev–Trinajstić information content (AvgIpc) is 2.85. The molecule has 7 heteroatoms. The first kappa shape index (κ1) is 13.2. The summed E-state index contributed by atoms with van der Waals surface area (Å²) in [6.07, 6.45) is 8.82. The molecular weight excluding hydrogens is 278 g/mol. The molecule has 2 heterocycles. The van der Waals surface area contributed by atoms with Crippen molar-refractivity contribution in [3.8, 4) is 0 Å². The molecule has 1 N–H and O–H groups in total. The van der Waals surface area contributed by atoms with Gasteiger partial charge >= 0.3 is 5.69 Å². The van der Waals surface area contributed by atoms with Crippen molar-refractivity contribution in [3.05, 3.63) is 45.3 Å². The normalized spacial score (nSPS) is 28.8. The van der Waals surface area contributed by atoms with E-state index < -0.39 is 0 Å². The van der Waals surface area contributed by atoms with E-state index in [4.69, 9.17) is 0 Å². The molecule has 6 nitrogen and oxygen atoms in total. The van der Waals surface area contributed by atoms with Gasteiger partial charge in [-0.3, -0.25) is 23.4 Å². The summed E-state index contributed by atoms with van der Waals surface area (Å²) in [7, 11) is 0. The summed E-state index contributed by atoms with van der Waals surface area (Å²) in [5.41, 5.74) is -0.776. The number of allylic oxidation sites excluding steroid dienone is 1. The Morgan fingerprint density at radius 3 is 2.75 bits per heavy atom. The van der Waals surface area contributed by atoms with Gasteiger partial charge in [-0.1, -0.05) is 24.1 Å². The average molecular weight is 293 g/mol. The van der Waals surface area contributed by atoms with E-state index in [0.717, 1.165) is 6.42 Å². The number of carbonyl (C=O) groups excluding carboxylic acids is 1. The second kappa shape index (κ2) is 4.97. The number of nitrogens with zero attached hydrogens (tertiary/aromatic N) is 2. The molecule has 1 fully saturated rings. The number of H-pyrrole nitrogens is 1. The molecule has 1 aliphatic carbocycles. The zero-order valence-corrected chi connectivity index (χ0v) is 11.8. The van der Waals surface area contributed by atoms with E-state index in [0.29, 0.717) is 6.42 Å². The van der Waals surface area contributed by atoms with Crippen molar-refractivity contribution in [3.63, 3.8) is 0 Å². The summed E-state index contributed by atoms with van der Waals surface area (Å²) in [6, 6.07) is 1.52. The number of aromatic amines is 1. The topological polar surface area (TPSA) is 75.2 Å². The van der Waals surface area contributed by atoms with Crippen LogP contribution >= 0.6 is 11.9 Å². The van der Waals surface area contributed by atoms with Crippen molar-refractivity contribution < 1.29 is 4.79 Å². The SMILES string of the molecule is CSN1C(=O)C[C@H]1[C@@H]1C=C[C@H](n2ccc(=O)[nH]c2=O)C1. The molecule has 0 saturated carbocycles. The lowest BCUT2D eigenvalue weighted by Crippen LogP contribution is -2.51. The second-order valence-electron chi connectivity index (χ2n) is 5.04. The van der Waals surface area contributed by atoms with Crippen LogP contribution in [0, 0.1) is 5.92 Å². The molecule has 1 aliphatic heterocycles. The van der Waals surface area contributed by atoms with Crippen molar-refractivity contribution in [2.45, 2.75) is 24.9 Å². The van der Waals surface area contributed by atoms with Gasteiger partial charge in [0.05, 0.1) is 12.1 Å². The van der Waals surface area contributed by atoms with Gasteiger partial charge in [0, 0.05) is 30.9 Å². The number of amides is 1. The van der Waals surface area contributed by atoms with Crippen LogP contribution in [0.15, 0.2) is 34.0 Å². The third kappa shape index (κ3) is 2.11. The Bertz CT molecular complexity index is 678. The molecule has 106 valence electrons. The summed E-state index contributed by atoms with van der Waals surface area (Å²) in [5, 5.41) is 0. The van der Waals surface area contributed by atoms with Gasteiger partial charge in [0.2, 0.25) is 5.91 Å². The summed E-state index contributed by atoms with van der Waals surface area (Å²) in [6.45, 7) is 0. The summed E-state index contributed by atoms with van der Waals surface area (Å²) < 4.78 is 3.33. The Labute approximate surface area is 119 Å². The zero-order valence-electron chi connectivity index (χ0n) is 11.0. The van der Waals surface area contributed by atoms with Crippen molar-refractivity contribution in [1.82, 2.24) is 13.9 Å². The minimum Gasteiger partial charge on any atom is -0.294 e. The largest absolute Gasteiger partial charge is 0.328 e. The molecule has 1 aromatic rings. The maximum Gasteiger partial charge on any atom is 0.328 e. The Balaban J connectivity index is 1.75.